The molecule has 0 aromatic carbocycles. The minimum atomic E-state index is 0.622. The van der Waals surface area contributed by atoms with Crippen molar-refractivity contribution in [3.63, 3.8) is 0 Å². The molecule has 0 bridgehead atoms. The molecule has 1 saturated carbocycles. The molecule has 1 N–H and O–H groups in total. The van der Waals surface area contributed by atoms with Crippen molar-refractivity contribution in [3.8, 4) is 0 Å². The molecule has 4 nitrogen and oxygen atoms in total. The highest BCUT2D eigenvalue weighted by molar-refractivity contribution is 5.25. The second-order valence-electron chi connectivity index (χ2n) is 5.71. The van der Waals surface area contributed by atoms with Gasteiger partial charge in [0.05, 0.1) is 6.61 Å². The number of aromatic nitrogens is 2. The average molecular weight is 277 g/mol. The smallest absolute Gasteiger partial charge is 0.131 e. The SMILES string of the molecule is COCCNCCCc1c(C)nc(C2CCC2)nc1C. The van der Waals surface area contributed by atoms with Crippen LogP contribution >= 0.6 is 0 Å². The standard InChI is InChI=1S/C16H27N3O/c1-12-15(8-5-9-17-10-11-20-3)13(2)19-16(18-12)14-6-4-7-14/h14,17H,4-11H2,1-3H3. The number of methoxy groups -OCH3 is 1. The Hall–Kier alpha value is -1.00. The Bertz CT molecular complexity index is 407. The number of aryl methyl sites for hydroxylation is 2. The van der Waals surface area contributed by atoms with Gasteiger partial charge in [0.25, 0.3) is 0 Å². The van der Waals surface area contributed by atoms with E-state index in [0.29, 0.717) is 5.92 Å². The Morgan fingerprint density at radius 3 is 2.40 bits per heavy atom. The second-order valence-corrected chi connectivity index (χ2v) is 5.71. The second kappa shape index (κ2) is 7.70. The monoisotopic (exact) mass is 277 g/mol. The van der Waals surface area contributed by atoms with Crippen molar-refractivity contribution in [3.05, 3.63) is 22.8 Å². The van der Waals surface area contributed by atoms with Crippen molar-refractivity contribution < 1.29 is 4.74 Å². The quantitative estimate of drug-likeness (QED) is 0.742. The van der Waals surface area contributed by atoms with E-state index in [9.17, 15) is 0 Å². The summed E-state index contributed by atoms with van der Waals surface area (Å²) in [4.78, 5) is 9.47. The largest absolute Gasteiger partial charge is 0.383 e. The lowest BCUT2D eigenvalue weighted by molar-refractivity contribution is 0.199. The number of rotatable bonds is 8. The normalized spacial score (nSPS) is 15.3. The summed E-state index contributed by atoms with van der Waals surface area (Å²) in [6.07, 6.45) is 6.05. The maximum Gasteiger partial charge on any atom is 0.131 e. The molecular weight excluding hydrogens is 250 g/mol. The summed E-state index contributed by atoms with van der Waals surface area (Å²) in [5.74, 6) is 1.70. The topological polar surface area (TPSA) is 47.0 Å². The van der Waals surface area contributed by atoms with Crippen LogP contribution in [-0.2, 0) is 11.2 Å². The van der Waals surface area contributed by atoms with E-state index < -0.39 is 0 Å². The fourth-order valence-electron chi connectivity index (χ4n) is 2.67. The Balaban J connectivity index is 1.84. The molecule has 0 saturated heterocycles. The van der Waals surface area contributed by atoms with Crippen molar-refractivity contribution in [2.75, 3.05) is 26.8 Å². The van der Waals surface area contributed by atoms with Crippen molar-refractivity contribution in [2.45, 2.75) is 51.9 Å². The first-order chi connectivity index (χ1) is 9.72. The summed E-state index contributed by atoms with van der Waals surface area (Å²) in [5, 5.41) is 3.38. The molecule has 0 atom stereocenters. The van der Waals surface area contributed by atoms with Crippen LogP contribution in [0.4, 0.5) is 0 Å². The first-order valence-corrected chi connectivity index (χ1v) is 7.76. The van der Waals surface area contributed by atoms with Crippen LogP contribution in [0.25, 0.3) is 0 Å². The third-order valence-electron chi connectivity index (χ3n) is 4.17. The van der Waals surface area contributed by atoms with E-state index in [0.717, 1.165) is 38.4 Å². The van der Waals surface area contributed by atoms with Gasteiger partial charge in [-0.15, -0.1) is 0 Å². The summed E-state index contributed by atoms with van der Waals surface area (Å²) in [7, 11) is 1.73. The zero-order chi connectivity index (χ0) is 14.4. The van der Waals surface area contributed by atoms with Crippen molar-refractivity contribution in [2.24, 2.45) is 0 Å². The molecule has 0 amide bonds. The van der Waals surface area contributed by atoms with Crippen LogP contribution in [0.15, 0.2) is 0 Å². The highest BCUT2D eigenvalue weighted by Crippen LogP contribution is 2.34. The number of ether oxygens (including phenoxy) is 1. The molecule has 1 aromatic heterocycles. The van der Waals surface area contributed by atoms with Gasteiger partial charge in [0, 0.05) is 31.0 Å². The molecular formula is C16H27N3O. The molecule has 4 heteroatoms. The van der Waals surface area contributed by atoms with E-state index in [2.05, 4.69) is 19.2 Å². The molecule has 1 aromatic rings. The molecule has 1 fully saturated rings. The molecule has 1 aliphatic rings. The Kier molecular flexibility index (Phi) is 5.92. The van der Waals surface area contributed by atoms with Gasteiger partial charge in [0.15, 0.2) is 0 Å². The third kappa shape index (κ3) is 4.00. The zero-order valence-electron chi connectivity index (χ0n) is 13.0. The maximum absolute atomic E-state index is 5.01. The number of nitrogens with one attached hydrogen (secondary N) is 1. The van der Waals surface area contributed by atoms with Crippen LogP contribution in [0.1, 0.15) is 54.4 Å². The van der Waals surface area contributed by atoms with Crippen LogP contribution in [0.2, 0.25) is 0 Å². The van der Waals surface area contributed by atoms with Gasteiger partial charge in [-0.2, -0.15) is 0 Å². The molecule has 0 spiro atoms. The summed E-state index contributed by atoms with van der Waals surface area (Å²) >= 11 is 0. The van der Waals surface area contributed by atoms with Gasteiger partial charge in [0.2, 0.25) is 0 Å². The molecule has 0 radical (unpaired) electrons. The van der Waals surface area contributed by atoms with E-state index in [-0.39, 0.29) is 0 Å². The van der Waals surface area contributed by atoms with Crippen LogP contribution in [0.3, 0.4) is 0 Å². The van der Waals surface area contributed by atoms with Crippen LogP contribution in [0, 0.1) is 13.8 Å². The van der Waals surface area contributed by atoms with E-state index in [1.165, 1.54) is 36.2 Å². The molecule has 20 heavy (non-hydrogen) atoms. The first-order valence-electron chi connectivity index (χ1n) is 7.76. The van der Waals surface area contributed by atoms with Crippen molar-refractivity contribution >= 4 is 0 Å². The fraction of sp³-hybridized carbons (Fsp3) is 0.750. The van der Waals surface area contributed by atoms with Gasteiger partial charge in [-0.1, -0.05) is 6.42 Å². The maximum atomic E-state index is 5.01. The van der Waals surface area contributed by atoms with Crippen LogP contribution in [0.5, 0.6) is 0 Å². The van der Waals surface area contributed by atoms with E-state index >= 15 is 0 Å². The third-order valence-corrected chi connectivity index (χ3v) is 4.17. The van der Waals surface area contributed by atoms with Crippen molar-refractivity contribution in [1.82, 2.24) is 15.3 Å². The lowest BCUT2D eigenvalue weighted by Gasteiger charge is -2.25. The van der Waals surface area contributed by atoms with Gasteiger partial charge in [0.1, 0.15) is 5.82 Å². The summed E-state index contributed by atoms with van der Waals surface area (Å²) in [6.45, 7) is 6.98. The molecule has 0 unspecified atom stereocenters. The number of hydrogen-bond acceptors (Lipinski definition) is 4. The van der Waals surface area contributed by atoms with Gasteiger partial charge in [-0.05, 0) is 51.6 Å². The predicted molar refractivity (Wildman–Crippen MR) is 81.2 cm³/mol. The van der Waals surface area contributed by atoms with Crippen LogP contribution in [-0.4, -0.2) is 36.8 Å². The van der Waals surface area contributed by atoms with Gasteiger partial charge in [-0.3, -0.25) is 0 Å². The highest BCUT2D eigenvalue weighted by Gasteiger charge is 2.23. The van der Waals surface area contributed by atoms with Crippen molar-refractivity contribution in [1.29, 1.82) is 0 Å². The van der Waals surface area contributed by atoms with Gasteiger partial charge < -0.3 is 10.1 Å². The molecule has 2 rings (SSSR count). The summed E-state index contributed by atoms with van der Waals surface area (Å²) < 4.78 is 5.01. The predicted octanol–water partition coefficient (Wildman–Crippen LogP) is 2.53. The fourth-order valence-corrected chi connectivity index (χ4v) is 2.67. The molecule has 1 aliphatic carbocycles. The van der Waals surface area contributed by atoms with E-state index in [1.807, 2.05) is 0 Å². The molecule has 1 heterocycles. The molecule has 0 aliphatic heterocycles. The highest BCUT2D eigenvalue weighted by atomic mass is 16.5. The number of hydrogen-bond donors (Lipinski definition) is 1. The Morgan fingerprint density at radius 2 is 1.85 bits per heavy atom. The van der Waals surface area contributed by atoms with Gasteiger partial charge in [-0.25, -0.2) is 9.97 Å². The average Bonchev–Trinajstić information content (AvgIpc) is 2.34. The number of nitrogens with zero attached hydrogens (tertiary/aromatic N) is 2. The minimum absolute atomic E-state index is 0.622. The van der Waals surface area contributed by atoms with E-state index in [4.69, 9.17) is 14.7 Å². The molecule has 112 valence electrons. The Morgan fingerprint density at radius 1 is 1.15 bits per heavy atom. The first kappa shape index (κ1) is 15.4. The van der Waals surface area contributed by atoms with E-state index in [1.54, 1.807) is 7.11 Å². The Labute approximate surface area is 122 Å². The summed E-state index contributed by atoms with van der Waals surface area (Å²) in [6, 6.07) is 0. The lowest BCUT2D eigenvalue weighted by Crippen LogP contribution is -2.21. The zero-order valence-corrected chi connectivity index (χ0v) is 13.0. The van der Waals surface area contributed by atoms with Gasteiger partial charge >= 0.3 is 0 Å². The summed E-state index contributed by atoms with van der Waals surface area (Å²) in [5.41, 5.74) is 3.69. The minimum Gasteiger partial charge on any atom is -0.383 e. The van der Waals surface area contributed by atoms with Crippen LogP contribution < -0.4 is 5.32 Å². The lowest BCUT2D eigenvalue weighted by atomic mass is 9.84.